The molecule has 2 aromatic carbocycles. The molecule has 0 fully saturated rings. The minimum Gasteiger partial charge on any atom is -0.316 e. The molecule has 2 heteroatoms. The maximum atomic E-state index is 3.16. The molecule has 0 aromatic heterocycles. The summed E-state index contributed by atoms with van der Waals surface area (Å²) in [5.41, 5.74) is 5.16. The Morgan fingerprint density at radius 3 is 0.958 bits per heavy atom. The van der Waals surface area contributed by atoms with Crippen molar-refractivity contribution in [2.45, 2.75) is 54.6 Å². The number of nitrogens with one attached hydrogen (secondary N) is 2. The van der Waals surface area contributed by atoms with Gasteiger partial charge in [0, 0.05) is 13.1 Å². The third kappa shape index (κ3) is 9.49. The lowest BCUT2D eigenvalue weighted by Gasteiger charge is -2.06. The Bertz CT molecular complexity index is 425. The SMILES string of the molecule is CC.CC.CC.CNCc1ccc(-c2ccc(CNC)cc2)cc1. The highest BCUT2D eigenvalue weighted by molar-refractivity contribution is 5.63. The highest BCUT2D eigenvalue weighted by atomic mass is 14.8. The topological polar surface area (TPSA) is 24.1 Å². The second-order valence-electron chi connectivity index (χ2n) is 4.45. The summed E-state index contributed by atoms with van der Waals surface area (Å²) >= 11 is 0. The van der Waals surface area contributed by atoms with Gasteiger partial charge in [-0.15, -0.1) is 0 Å². The first-order valence-electron chi connectivity index (χ1n) is 9.31. The van der Waals surface area contributed by atoms with Gasteiger partial charge in [-0.1, -0.05) is 90.1 Å². The molecule has 0 aliphatic rings. The minimum absolute atomic E-state index is 0.918. The summed E-state index contributed by atoms with van der Waals surface area (Å²) in [4.78, 5) is 0. The van der Waals surface area contributed by atoms with E-state index < -0.39 is 0 Å². The van der Waals surface area contributed by atoms with Crippen LogP contribution in [0, 0.1) is 0 Å². The lowest BCUT2D eigenvalue weighted by molar-refractivity contribution is 0.817. The fourth-order valence-electron chi connectivity index (χ4n) is 2.04. The Morgan fingerprint density at radius 2 is 0.750 bits per heavy atom. The van der Waals surface area contributed by atoms with Crippen LogP contribution in [0.25, 0.3) is 11.1 Å². The predicted octanol–water partition coefficient (Wildman–Crippen LogP) is 5.87. The van der Waals surface area contributed by atoms with E-state index in [2.05, 4.69) is 59.2 Å². The highest BCUT2D eigenvalue weighted by Gasteiger charge is 1.98. The molecule has 0 amide bonds. The molecule has 2 N–H and O–H groups in total. The van der Waals surface area contributed by atoms with Crippen LogP contribution in [0.2, 0.25) is 0 Å². The van der Waals surface area contributed by atoms with Crippen molar-refractivity contribution in [1.29, 1.82) is 0 Å². The van der Waals surface area contributed by atoms with Crippen LogP contribution >= 0.6 is 0 Å². The van der Waals surface area contributed by atoms with Gasteiger partial charge >= 0.3 is 0 Å². The van der Waals surface area contributed by atoms with Gasteiger partial charge in [-0.3, -0.25) is 0 Å². The molecular weight excluding hydrogens is 292 g/mol. The van der Waals surface area contributed by atoms with E-state index in [1.807, 2.05) is 55.6 Å². The maximum Gasteiger partial charge on any atom is 0.0202 e. The molecule has 0 aliphatic carbocycles. The quantitative estimate of drug-likeness (QED) is 0.716. The molecule has 2 aromatic rings. The molecule has 0 heterocycles. The van der Waals surface area contributed by atoms with E-state index in [0.29, 0.717) is 0 Å². The zero-order valence-electron chi connectivity index (χ0n) is 17.0. The molecule has 0 saturated carbocycles. The normalized spacial score (nSPS) is 8.67. The molecule has 0 atom stereocenters. The summed E-state index contributed by atoms with van der Waals surface area (Å²) in [6, 6.07) is 17.4. The minimum atomic E-state index is 0.918. The van der Waals surface area contributed by atoms with E-state index in [1.54, 1.807) is 0 Å². The largest absolute Gasteiger partial charge is 0.316 e. The van der Waals surface area contributed by atoms with Crippen LogP contribution in [0.4, 0.5) is 0 Å². The summed E-state index contributed by atoms with van der Waals surface area (Å²) < 4.78 is 0. The van der Waals surface area contributed by atoms with Crippen molar-refractivity contribution < 1.29 is 0 Å². The second-order valence-corrected chi connectivity index (χ2v) is 4.45. The Labute approximate surface area is 150 Å². The Balaban J connectivity index is 0. The fraction of sp³-hybridized carbons (Fsp3) is 0.455. The van der Waals surface area contributed by atoms with E-state index in [-0.39, 0.29) is 0 Å². The number of benzene rings is 2. The van der Waals surface area contributed by atoms with Crippen molar-refractivity contribution >= 4 is 0 Å². The monoisotopic (exact) mass is 330 g/mol. The summed E-state index contributed by atoms with van der Waals surface area (Å²) in [5, 5.41) is 6.32. The molecular formula is C22H38N2. The van der Waals surface area contributed by atoms with Gasteiger partial charge in [-0.25, -0.2) is 0 Å². The summed E-state index contributed by atoms with van der Waals surface area (Å²) in [6.45, 7) is 13.8. The van der Waals surface area contributed by atoms with E-state index in [1.165, 1.54) is 22.3 Å². The van der Waals surface area contributed by atoms with Crippen molar-refractivity contribution in [3.8, 4) is 11.1 Å². The Morgan fingerprint density at radius 1 is 0.500 bits per heavy atom. The van der Waals surface area contributed by atoms with Crippen LogP contribution in [-0.2, 0) is 13.1 Å². The van der Waals surface area contributed by atoms with Gasteiger partial charge in [0.15, 0.2) is 0 Å². The van der Waals surface area contributed by atoms with Gasteiger partial charge in [-0.05, 0) is 36.3 Å². The predicted molar refractivity (Wildman–Crippen MR) is 111 cm³/mol. The van der Waals surface area contributed by atoms with Crippen LogP contribution < -0.4 is 10.6 Å². The Kier molecular flexibility index (Phi) is 18.2. The standard InChI is InChI=1S/C16H20N2.3C2H6/c1-17-11-13-3-7-15(8-4-13)16-9-5-14(6-10-16)12-18-2;3*1-2/h3-10,17-18H,11-12H2,1-2H3;3*1-2H3. The average molecular weight is 331 g/mol. The third-order valence-corrected chi connectivity index (χ3v) is 3.00. The van der Waals surface area contributed by atoms with Crippen molar-refractivity contribution in [1.82, 2.24) is 10.6 Å². The van der Waals surface area contributed by atoms with E-state index in [0.717, 1.165) is 13.1 Å². The zero-order chi connectivity index (χ0) is 18.8. The van der Waals surface area contributed by atoms with Crippen molar-refractivity contribution in [2.24, 2.45) is 0 Å². The second kappa shape index (κ2) is 17.7. The summed E-state index contributed by atoms with van der Waals surface area (Å²) in [6.07, 6.45) is 0. The Hall–Kier alpha value is -1.64. The molecule has 0 radical (unpaired) electrons. The van der Waals surface area contributed by atoms with Crippen LogP contribution in [0.3, 0.4) is 0 Å². The van der Waals surface area contributed by atoms with Crippen molar-refractivity contribution in [3.05, 3.63) is 59.7 Å². The first kappa shape index (κ1) is 24.6. The smallest absolute Gasteiger partial charge is 0.0202 e. The lowest BCUT2D eigenvalue weighted by Crippen LogP contribution is -2.04. The van der Waals surface area contributed by atoms with Gasteiger partial charge in [0.2, 0.25) is 0 Å². The molecule has 2 rings (SSSR count). The third-order valence-electron chi connectivity index (χ3n) is 3.00. The number of rotatable bonds is 5. The van der Waals surface area contributed by atoms with E-state index >= 15 is 0 Å². The van der Waals surface area contributed by atoms with Gasteiger partial charge in [0.1, 0.15) is 0 Å². The van der Waals surface area contributed by atoms with Gasteiger partial charge in [0.05, 0.1) is 0 Å². The molecule has 0 aliphatic heterocycles. The molecule has 0 spiro atoms. The molecule has 24 heavy (non-hydrogen) atoms. The van der Waals surface area contributed by atoms with Crippen LogP contribution in [0.5, 0.6) is 0 Å². The summed E-state index contributed by atoms with van der Waals surface area (Å²) in [7, 11) is 3.93. The van der Waals surface area contributed by atoms with Crippen LogP contribution in [0.15, 0.2) is 48.5 Å². The summed E-state index contributed by atoms with van der Waals surface area (Å²) in [5.74, 6) is 0. The maximum absolute atomic E-state index is 3.16. The molecule has 2 nitrogen and oxygen atoms in total. The van der Waals surface area contributed by atoms with Crippen LogP contribution in [0.1, 0.15) is 52.7 Å². The first-order chi connectivity index (χ1) is 11.8. The number of hydrogen-bond acceptors (Lipinski definition) is 2. The van der Waals surface area contributed by atoms with Crippen LogP contribution in [-0.4, -0.2) is 14.1 Å². The first-order valence-corrected chi connectivity index (χ1v) is 9.31. The van der Waals surface area contributed by atoms with Gasteiger partial charge in [0.25, 0.3) is 0 Å². The van der Waals surface area contributed by atoms with Gasteiger partial charge < -0.3 is 10.6 Å². The highest BCUT2D eigenvalue weighted by Crippen LogP contribution is 2.20. The number of hydrogen-bond donors (Lipinski definition) is 2. The van der Waals surface area contributed by atoms with Crippen molar-refractivity contribution in [3.63, 3.8) is 0 Å². The molecule has 0 saturated heterocycles. The van der Waals surface area contributed by atoms with E-state index in [4.69, 9.17) is 0 Å². The molecule has 0 unspecified atom stereocenters. The van der Waals surface area contributed by atoms with Crippen molar-refractivity contribution in [2.75, 3.05) is 14.1 Å². The fourth-order valence-corrected chi connectivity index (χ4v) is 2.04. The molecule has 136 valence electrons. The van der Waals surface area contributed by atoms with E-state index in [9.17, 15) is 0 Å². The zero-order valence-corrected chi connectivity index (χ0v) is 17.0. The lowest BCUT2D eigenvalue weighted by atomic mass is 10.0. The van der Waals surface area contributed by atoms with Gasteiger partial charge in [-0.2, -0.15) is 0 Å². The average Bonchev–Trinajstić information content (AvgIpc) is 2.68. The molecule has 0 bridgehead atoms.